The predicted molar refractivity (Wildman–Crippen MR) is 38.2 cm³/mol. The van der Waals surface area contributed by atoms with Gasteiger partial charge in [-0.3, -0.25) is 25.4 Å². The van der Waals surface area contributed by atoms with E-state index >= 15 is 0 Å². The van der Waals surface area contributed by atoms with Crippen LogP contribution >= 0.6 is 0 Å². The van der Waals surface area contributed by atoms with Gasteiger partial charge in [0.05, 0.1) is 14.8 Å². The average molecular weight is 225 g/mol. The molecule has 0 aromatic heterocycles. The highest BCUT2D eigenvalue weighted by Gasteiger charge is 2.47. The molecular weight excluding hydrogens is 220 g/mol. The van der Waals surface area contributed by atoms with Gasteiger partial charge in [-0.05, 0) is 0 Å². The number of amidine groups is 1. The molecule has 0 radical (unpaired) electrons. The van der Waals surface area contributed by atoms with Crippen LogP contribution in [0.2, 0.25) is 0 Å². The van der Waals surface area contributed by atoms with Crippen molar-refractivity contribution < 1.29 is 30.1 Å². The van der Waals surface area contributed by atoms with E-state index < -0.39 is 38.1 Å². The molecule has 12 nitrogen and oxygen atoms in total. The van der Waals surface area contributed by atoms with Gasteiger partial charge in [0.15, 0.2) is 0 Å². The van der Waals surface area contributed by atoms with Gasteiger partial charge in [-0.15, -0.1) is 0 Å². The summed E-state index contributed by atoms with van der Waals surface area (Å²) >= 11 is 0. The summed E-state index contributed by atoms with van der Waals surface area (Å²) in [5, 5.41) is 46.7. The van der Waals surface area contributed by atoms with Crippen molar-refractivity contribution in [3.05, 3.63) is 30.3 Å². The minimum Gasteiger partial charge on any atom is -0.412 e. The Hall–Kier alpha value is -2.53. The van der Waals surface area contributed by atoms with E-state index in [0.29, 0.717) is 0 Å². The largest absolute Gasteiger partial charge is 0.588 e. The van der Waals surface area contributed by atoms with Crippen molar-refractivity contribution in [2.75, 3.05) is 0 Å². The number of nitrogens with zero attached hydrogens (tertiary/aromatic N) is 4. The lowest BCUT2D eigenvalue weighted by atomic mass is 10.3. The molecule has 0 fully saturated rings. The Kier molecular flexibility index (Phi) is 3.85. The zero-order chi connectivity index (χ0) is 12.2. The Bertz CT molecular complexity index is 317. The standard InChI is InChI=1S/C3H5N4O8/c8-4(9)2(5(10)11)1-3(6(12)13)7(14)15/h2H,1H2,(H,12,13)(H,14,15)/q+1. The van der Waals surface area contributed by atoms with Gasteiger partial charge < -0.3 is 5.21 Å². The van der Waals surface area contributed by atoms with Gasteiger partial charge in [0.25, 0.3) is 6.42 Å². The molecule has 15 heavy (non-hydrogen) atoms. The summed E-state index contributed by atoms with van der Waals surface area (Å²) in [5.41, 5.74) is 0. The van der Waals surface area contributed by atoms with Gasteiger partial charge in [0.1, 0.15) is 4.90 Å². The monoisotopic (exact) mass is 225 g/mol. The van der Waals surface area contributed by atoms with Gasteiger partial charge in [-0.25, -0.2) is 5.21 Å². The highest BCUT2D eigenvalue weighted by molar-refractivity contribution is 5.67. The highest BCUT2D eigenvalue weighted by atomic mass is 16.8. The van der Waals surface area contributed by atoms with Crippen molar-refractivity contribution in [3.63, 3.8) is 0 Å². The third-order valence-electron chi connectivity index (χ3n) is 1.29. The first-order chi connectivity index (χ1) is 6.77. The fourth-order valence-electron chi connectivity index (χ4n) is 0.619. The first kappa shape index (κ1) is 12.5. The molecule has 0 bridgehead atoms. The van der Waals surface area contributed by atoms with Crippen LogP contribution in [-0.2, 0) is 0 Å². The summed E-state index contributed by atoms with van der Waals surface area (Å²) in [5.74, 6) is -1.46. The second-order valence-corrected chi connectivity index (χ2v) is 2.22. The molecule has 0 saturated heterocycles. The molecule has 0 heterocycles. The van der Waals surface area contributed by atoms with E-state index in [9.17, 15) is 30.3 Å². The SMILES string of the molecule is O=[N+](O)/C(CC([N+](=O)[O-])[N+](=O)[O-])=[N+](\[O-])O. The van der Waals surface area contributed by atoms with E-state index in [2.05, 4.69) is 0 Å². The average Bonchev–Trinajstić information content (AvgIpc) is 2.01. The Morgan fingerprint density at radius 2 is 1.47 bits per heavy atom. The molecule has 12 heteroatoms. The molecule has 0 rings (SSSR count). The Balaban J connectivity index is 4.96. The van der Waals surface area contributed by atoms with Crippen LogP contribution in [0.15, 0.2) is 0 Å². The van der Waals surface area contributed by atoms with Crippen molar-refractivity contribution in [1.29, 1.82) is 0 Å². The summed E-state index contributed by atoms with van der Waals surface area (Å²) in [6, 6.07) is 0. The third-order valence-corrected chi connectivity index (χ3v) is 1.29. The van der Waals surface area contributed by atoms with Crippen LogP contribution in [0.25, 0.3) is 0 Å². The summed E-state index contributed by atoms with van der Waals surface area (Å²) in [4.78, 5) is 25.2. The molecule has 0 aliphatic carbocycles. The lowest BCUT2D eigenvalue weighted by Gasteiger charge is -1.95. The summed E-state index contributed by atoms with van der Waals surface area (Å²) in [6.07, 6.45) is -3.85. The lowest BCUT2D eigenvalue weighted by molar-refractivity contribution is -0.807. The second kappa shape index (κ2) is 4.64. The first-order valence-electron chi connectivity index (χ1n) is 3.22. The van der Waals surface area contributed by atoms with Gasteiger partial charge >= 0.3 is 16.9 Å². The van der Waals surface area contributed by atoms with Gasteiger partial charge in [0.2, 0.25) is 0 Å². The molecule has 0 aliphatic rings. The molecule has 0 aliphatic heterocycles. The topological polar surface area (TPSA) is 173 Å². The maximum atomic E-state index is 10.2. The fraction of sp³-hybridized carbons (Fsp3) is 0.667. The fourth-order valence-corrected chi connectivity index (χ4v) is 0.619. The smallest absolute Gasteiger partial charge is 0.412 e. The molecule has 0 unspecified atom stereocenters. The second-order valence-electron chi connectivity index (χ2n) is 2.22. The molecule has 2 N–H and O–H groups in total. The molecule has 84 valence electrons. The van der Waals surface area contributed by atoms with Gasteiger partial charge in [-0.2, -0.15) is 0 Å². The van der Waals surface area contributed by atoms with E-state index in [0.717, 1.165) is 0 Å². The predicted octanol–water partition coefficient (Wildman–Crippen LogP) is -1.28. The van der Waals surface area contributed by atoms with Crippen LogP contribution in [0.1, 0.15) is 6.42 Å². The molecule has 0 amide bonds. The van der Waals surface area contributed by atoms with Crippen molar-refractivity contribution in [3.8, 4) is 0 Å². The Labute approximate surface area is 80.0 Å². The molecule has 0 aromatic carbocycles. The van der Waals surface area contributed by atoms with Crippen LogP contribution in [0.4, 0.5) is 0 Å². The van der Waals surface area contributed by atoms with Crippen molar-refractivity contribution >= 4 is 5.84 Å². The van der Waals surface area contributed by atoms with E-state index in [-0.39, 0.29) is 0 Å². The van der Waals surface area contributed by atoms with Gasteiger partial charge in [-0.1, -0.05) is 0 Å². The van der Waals surface area contributed by atoms with Crippen LogP contribution < -0.4 is 0 Å². The number of nitro groups is 2. The molecule has 0 aromatic rings. The zero-order valence-electron chi connectivity index (χ0n) is 6.92. The molecule has 0 atom stereocenters. The normalized spacial score (nSPS) is 12.1. The van der Waals surface area contributed by atoms with Crippen molar-refractivity contribution in [2.45, 2.75) is 12.6 Å². The van der Waals surface area contributed by atoms with Gasteiger partial charge in [0, 0.05) is 0 Å². The highest BCUT2D eigenvalue weighted by Crippen LogP contribution is 2.00. The van der Waals surface area contributed by atoms with E-state index in [1.807, 2.05) is 0 Å². The maximum Gasteiger partial charge on any atom is 0.588 e. The van der Waals surface area contributed by atoms with E-state index in [4.69, 9.17) is 10.4 Å². The molecular formula is C3H5N4O8+. The minimum atomic E-state index is -2.51. The van der Waals surface area contributed by atoms with Crippen LogP contribution in [0.3, 0.4) is 0 Å². The lowest BCUT2D eigenvalue weighted by Crippen LogP contribution is -2.36. The first-order valence-corrected chi connectivity index (χ1v) is 3.22. The Morgan fingerprint density at radius 3 is 1.67 bits per heavy atom. The quantitative estimate of drug-likeness (QED) is 0.113. The summed E-state index contributed by atoms with van der Waals surface area (Å²) in [6.45, 7) is 0. The van der Waals surface area contributed by atoms with Crippen molar-refractivity contribution in [1.82, 2.24) is 0 Å². The minimum absolute atomic E-state index is 1.19. The van der Waals surface area contributed by atoms with E-state index in [1.165, 1.54) is 0 Å². The van der Waals surface area contributed by atoms with E-state index in [1.54, 1.807) is 0 Å². The maximum absolute atomic E-state index is 10.2. The third kappa shape index (κ3) is 3.37. The number of hydrogen-bond donors (Lipinski definition) is 2. The van der Waals surface area contributed by atoms with Crippen LogP contribution in [-0.4, -0.2) is 42.1 Å². The summed E-state index contributed by atoms with van der Waals surface area (Å²) < 4.78 is 0. The molecule has 0 spiro atoms. The number of rotatable bonds is 4. The molecule has 0 saturated carbocycles. The zero-order valence-corrected chi connectivity index (χ0v) is 6.92. The van der Waals surface area contributed by atoms with Crippen molar-refractivity contribution in [2.24, 2.45) is 0 Å². The summed E-state index contributed by atoms with van der Waals surface area (Å²) in [7, 11) is 0. The number of hydrogen-bond acceptors (Lipinski definition) is 7. The Morgan fingerprint density at radius 1 is 1.07 bits per heavy atom. The van der Waals surface area contributed by atoms with Crippen LogP contribution in [0.5, 0.6) is 0 Å². The van der Waals surface area contributed by atoms with Crippen LogP contribution in [0, 0.1) is 30.3 Å².